The maximum absolute atomic E-state index is 10.9. The second-order valence-corrected chi connectivity index (χ2v) is 8.22. The monoisotopic (exact) mass is 446 g/mol. The van der Waals surface area contributed by atoms with E-state index in [1.54, 1.807) is 34.6 Å². The molecule has 0 aliphatic carbocycles. The highest BCUT2D eigenvalue weighted by Crippen LogP contribution is 2.26. The van der Waals surface area contributed by atoms with Crippen molar-refractivity contribution in [3.05, 3.63) is 0 Å². The second kappa shape index (κ2) is 16.2. The topological polar surface area (TPSA) is 152 Å². The van der Waals surface area contributed by atoms with Crippen LogP contribution in [0.5, 0.6) is 0 Å². The van der Waals surface area contributed by atoms with E-state index in [-0.39, 0.29) is 29.9 Å². The molecule has 0 rings (SSSR count). The lowest BCUT2D eigenvalue weighted by Gasteiger charge is -2.24. The van der Waals surface area contributed by atoms with Crippen molar-refractivity contribution < 1.29 is 43.7 Å². The highest BCUT2D eigenvalue weighted by atomic mass is 16.5. The van der Waals surface area contributed by atoms with Gasteiger partial charge in [-0.05, 0) is 39.5 Å². The van der Waals surface area contributed by atoms with Crippen molar-refractivity contribution in [1.29, 1.82) is 0 Å². The number of aliphatic carboxylic acids is 2. The molecular formula is C22H38O9. The number of rotatable bonds is 9. The Morgan fingerprint density at radius 2 is 1.32 bits per heavy atom. The lowest BCUT2D eigenvalue weighted by molar-refractivity contribution is -0.151. The lowest BCUT2D eigenvalue weighted by Crippen LogP contribution is -2.33. The summed E-state index contributed by atoms with van der Waals surface area (Å²) in [6, 6.07) is 0. The Bertz CT molecular complexity index is 615. The van der Waals surface area contributed by atoms with E-state index in [0.29, 0.717) is 6.42 Å². The Hall–Kier alpha value is -2.58. The zero-order valence-electron chi connectivity index (χ0n) is 20.1. The fraction of sp³-hybridized carbons (Fsp3) is 0.727. The van der Waals surface area contributed by atoms with Crippen LogP contribution in [0, 0.1) is 17.3 Å². The standard InChI is InChI=1S/2C8H14O3.C6H10O3/c1-5(9)6(7(10)11)8(2,3)4;1-4-7(3)11-8(10)5-6(2)9;1-3-5(7)4(2)6(8)9/h6H,1-4H3,(H,10,11);7H,4-5H2,1-3H3;4H,3H2,1-2H3,(H,8,9). The van der Waals surface area contributed by atoms with Crippen molar-refractivity contribution in [1.82, 2.24) is 0 Å². The van der Waals surface area contributed by atoms with Gasteiger partial charge in [-0.2, -0.15) is 0 Å². The lowest BCUT2D eigenvalue weighted by atomic mass is 9.78. The molecule has 0 aliphatic heterocycles. The first-order valence-electron chi connectivity index (χ1n) is 10.1. The number of hydrogen-bond donors (Lipinski definition) is 2. The molecule has 0 aromatic carbocycles. The van der Waals surface area contributed by atoms with Crippen molar-refractivity contribution >= 4 is 35.3 Å². The molecule has 3 unspecified atom stereocenters. The molecule has 9 nitrogen and oxygen atoms in total. The van der Waals surface area contributed by atoms with E-state index in [1.165, 1.54) is 20.8 Å². The number of Topliss-reactive ketones (excluding diaryl/α,β-unsaturated/α-hetero) is 3. The van der Waals surface area contributed by atoms with Crippen molar-refractivity contribution in [3.63, 3.8) is 0 Å². The quantitative estimate of drug-likeness (QED) is 0.401. The Kier molecular flexibility index (Phi) is 17.2. The zero-order chi connectivity index (χ0) is 25.5. The maximum Gasteiger partial charge on any atom is 0.314 e. The van der Waals surface area contributed by atoms with Gasteiger partial charge in [0.15, 0.2) is 0 Å². The summed E-state index contributed by atoms with van der Waals surface area (Å²) in [5.41, 5.74) is -0.488. The first kappa shape index (κ1) is 33.1. The predicted octanol–water partition coefficient (Wildman–Crippen LogP) is 3.32. The summed E-state index contributed by atoms with van der Waals surface area (Å²) in [4.78, 5) is 63.3. The number of carboxylic acids is 2. The molecule has 0 heterocycles. The van der Waals surface area contributed by atoms with Crippen LogP contribution in [0.1, 0.15) is 81.6 Å². The molecule has 9 heteroatoms. The number of ketones is 3. The van der Waals surface area contributed by atoms with Crippen molar-refractivity contribution in [2.24, 2.45) is 17.3 Å². The summed E-state index contributed by atoms with van der Waals surface area (Å²) in [6.45, 7) is 14.7. The van der Waals surface area contributed by atoms with Gasteiger partial charge < -0.3 is 14.9 Å². The Labute approximate surface area is 184 Å². The molecule has 0 saturated carbocycles. The van der Waals surface area contributed by atoms with Gasteiger partial charge in [0, 0.05) is 6.42 Å². The normalized spacial score (nSPS) is 13.1. The van der Waals surface area contributed by atoms with E-state index < -0.39 is 35.2 Å². The van der Waals surface area contributed by atoms with Gasteiger partial charge >= 0.3 is 17.9 Å². The molecule has 3 atom stereocenters. The number of carboxylic acid groups (broad SMARTS) is 2. The van der Waals surface area contributed by atoms with Crippen molar-refractivity contribution in [2.45, 2.75) is 87.7 Å². The summed E-state index contributed by atoms with van der Waals surface area (Å²) in [5, 5.41) is 16.9. The summed E-state index contributed by atoms with van der Waals surface area (Å²) in [5.74, 6) is -4.89. The molecule has 0 aliphatic rings. The van der Waals surface area contributed by atoms with E-state index in [1.807, 2.05) is 6.92 Å². The minimum absolute atomic E-state index is 0.0816. The zero-order valence-corrected chi connectivity index (χ0v) is 20.1. The smallest absolute Gasteiger partial charge is 0.314 e. The molecular weight excluding hydrogens is 408 g/mol. The SMILES string of the molecule is CC(=O)C(C(=O)O)C(C)(C)C.CCC(=O)C(C)C(=O)O.CCC(C)OC(=O)CC(C)=O. The number of carbonyl (C=O) groups excluding carboxylic acids is 4. The fourth-order valence-electron chi connectivity index (χ4n) is 2.15. The molecule has 0 saturated heterocycles. The first-order chi connectivity index (χ1) is 13.9. The molecule has 0 aromatic rings. The van der Waals surface area contributed by atoms with Gasteiger partial charge in [-0.1, -0.05) is 34.6 Å². The van der Waals surface area contributed by atoms with Gasteiger partial charge in [-0.25, -0.2) is 0 Å². The fourth-order valence-corrected chi connectivity index (χ4v) is 2.15. The van der Waals surface area contributed by atoms with Crippen molar-refractivity contribution in [3.8, 4) is 0 Å². The van der Waals surface area contributed by atoms with Crippen LogP contribution in [0.25, 0.3) is 0 Å². The van der Waals surface area contributed by atoms with Crippen LogP contribution in [0.2, 0.25) is 0 Å². The summed E-state index contributed by atoms with van der Waals surface area (Å²) < 4.78 is 4.85. The molecule has 0 fully saturated rings. The van der Waals surface area contributed by atoms with Crippen LogP contribution in [0.4, 0.5) is 0 Å². The molecule has 0 bridgehead atoms. The second-order valence-electron chi connectivity index (χ2n) is 8.22. The average molecular weight is 447 g/mol. The highest BCUT2D eigenvalue weighted by molar-refractivity contribution is 5.98. The van der Waals surface area contributed by atoms with Crippen LogP contribution in [-0.2, 0) is 33.5 Å². The Morgan fingerprint density at radius 1 is 0.871 bits per heavy atom. The van der Waals surface area contributed by atoms with Crippen LogP contribution in [0.15, 0.2) is 0 Å². The summed E-state index contributed by atoms with van der Waals surface area (Å²) >= 11 is 0. The number of esters is 1. The third-order valence-corrected chi connectivity index (χ3v) is 4.02. The minimum atomic E-state index is -1.04. The van der Waals surface area contributed by atoms with E-state index in [9.17, 15) is 28.8 Å². The third kappa shape index (κ3) is 17.9. The van der Waals surface area contributed by atoms with Crippen molar-refractivity contribution in [2.75, 3.05) is 0 Å². The molecule has 0 aromatic heterocycles. The van der Waals surface area contributed by atoms with Gasteiger partial charge in [0.25, 0.3) is 0 Å². The van der Waals surface area contributed by atoms with Crippen LogP contribution in [0.3, 0.4) is 0 Å². The van der Waals surface area contributed by atoms with Gasteiger partial charge in [-0.15, -0.1) is 0 Å². The van der Waals surface area contributed by atoms with Crippen LogP contribution >= 0.6 is 0 Å². The van der Waals surface area contributed by atoms with E-state index in [4.69, 9.17) is 14.9 Å². The molecule has 180 valence electrons. The van der Waals surface area contributed by atoms with Crippen LogP contribution in [-0.4, -0.2) is 51.6 Å². The third-order valence-electron chi connectivity index (χ3n) is 4.02. The van der Waals surface area contributed by atoms with Gasteiger partial charge in [0.1, 0.15) is 35.6 Å². The summed E-state index contributed by atoms with van der Waals surface area (Å²) in [7, 11) is 0. The molecule has 31 heavy (non-hydrogen) atoms. The molecule has 0 spiro atoms. The van der Waals surface area contributed by atoms with Gasteiger partial charge in [0.2, 0.25) is 0 Å². The van der Waals surface area contributed by atoms with Gasteiger partial charge in [-0.3, -0.25) is 28.8 Å². The Balaban J connectivity index is -0.000000382. The predicted molar refractivity (Wildman–Crippen MR) is 115 cm³/mol. The average Bonchev–Trinajstić information content (AvgIpc) is 2.58. The Morgan fingerprint density at radius 3 is 1.48 bits per heavy atom. The van der Waals surface area contributed by atoms with E-state index >= 15 is 0 Å². The molecule has 2 N–H and O–H groups in total. The maximum atomic E-state index is 10.9. The minimum Gasteiger partial charge on any atom is -0.481 e. The number of carbonyl (C=O) groups is 6. The van der Waals surface area contributed by atoms with Crippen LogP contribution < -0.4 is 0 Å². The largest absolute Gasteiger partial charge is 0.481 e. The van der Waals surface area contributed by atoms with Gasteiger partial charge in [0.05, 0.1) is 6.10 Å². The number of hydrogen-bond acceptors (Lipinski definition) is 7. The van der Waals surface area contributed by atoms with E-state index in [2.05, 4.69) is 0 Å². The first-order valence-corrected chi connectivity index (χ1v) is 10.1. The highest BCUT2D eigenvalue weighted by Gasteiger charge is 2.34. The summed E-state index contributed by atoms with van der Waals surface area (Å²) in [6.07, 6.45) is 0.892. The van der Waals surface area contributed by atoms with E-state index in [0.717, 1.165) is 6.42 Å². The molecule has 0 radical (unpaired) electrons. The number of ether oxygens (including phenoxy) is 1. The molecule has 0 amide bonds.